The van der Waals surface area contributed by atoms with E-state index in [0.29, 0.717) is 6.42 Å². The molecule has 24 heavy (non-hydrogen) atoms. The number of rotatable bonds is 4. The van der Waals surface area contributed by atoms with Crippen LogP contribution in [0.15, 0.2) is 72.8 Å². The molecule has 1 unspecified atom stereocenters. The minimum Gasteiger partial charge on any atom is -0.444 e. The van der Waals surface area contributed by atoms with E-state index in [1.54, 1.807) is 0 Å². The van der Waals surface area contributed by atoms with Crippen LogP contribution in [-0.2, 0) is 22.6 Å². The minimum absolute atomic E-state index is 0.163. The molecule has 4 heteroatoms. The van der Waals surface area contributed by atoms with Crippen molar-refractivity contribution in [1.82, 2.24) is 4.90 Å². The van der Waals surface area contributed by atoms with Crippen LogP contribution in [0.25, 0.3) is 0 Å². The first-order valence-electron chi connectivity index (χ1n) is 7.96. The van der Waals surface area contributed by atoms with Gasteiger partial charge in [0, 0.05) is 0 Å². The molecular weight excluding hydrogens is 302 g/mol. The van der Waals surface area contributed by atoms with E-state index in [1.165, 1.54) is 4.90 Å². The highest BCUT2D eigenvalue weighted by atomic mass is 16.6. The Kier molecular flexibility index (Phi) is 5.06. The van der Waals surface area contributed by atoms with E-state index in [4.69, 9.17) is 4.74 Å². The fourth-order valence-corrected chi connectivity index (χ4v) is 2.69. The van der Waals surface area contributed by atoms with Gasteiger partial charge in [-0.25, -0.2) is 9.69 Å². The zero-order chi connectivity index (χ0) is 16.8. The normalized spacial score (nSPS) is 16.9. The molecule has 1 aliphatic heterocycles. The summed E-state index contributed by atoms with van der Waals surface area (Å²) < 4.78 is 5.27. The molecule has 4 nitrogen and oxygen atoms in total. The Hall–Kier alpha value is -2.88. The Morgan fingerprint density at radius 1 is 1.00 bits per heavy atom. The molecule has 0 spiro atoms. The number of imide groups is 1. The summed E-state index contributed by atoms with van der Waals surface area (Å²) in [7, 11) is 0. The van der Waals surface area contributed by atoms with Crippen molar-refractivity contribution in [2.45, 2.75) is 13.0 Å². The van der Waals surface area contributed by atoms with E-state index < -0.39 is 6.09 Å². The van der Waals surface area contributed by atoms with E-state index in [0.717, 1.165) is 11.1 Å². The van der Waals surface area contributed by atoms with Crippen molar-refractivity contribution in [3.8, 4) is 0 Å². The number of hydrogen-bond donors (Lipinski definition) is 0. The van der Waals surface area contributed by atoms with Crippen molar-refractivity contribution < 1.29 is 14.3 Å². The van der Waals surface area contributed by atoms with E-state index >= 15 is 0 Å². The van der Waals surface area contributed by atoms with Crippen molar-refractivity contribution >= 4 is 12.0 Å². The monoisotopic (exact) mass is 321 g/mol. The van der Waals surface area contributed by atoms with E-state index in [2.05, 4.69) is 0 Å². The predicted molar refractivity (Wildman–Crippen MR) is 91.1 cm³/mol. The molecule has 2 aromatic rings. The summed E-state index contributed by atoms with van der Waals surface area (Å²) in [6, 6.07) is 19.2. The molecule has 0 fully saturated rings. The maximum atomic E-state index is 12.6. The number of benzene rings is 2. The SMILES string of the molecule is O=C(OCc1ccccc1)N1CC=CC(Cc2ccccc2)C1=O. The third kappa shape index (κ3) is 3.90. The van der Waals surface area contributed by atoms with Gasteiger partial charge >= 0.3 is 6.09 Å². The minimum atomic E-state index is -0.591. The quantitative estimate of drug-likeness (QED) is 0.809. The lowest BCUT2D eigenvalue weighted by molar-refractivity contribution is -0.132. The van der Waals surface area contributed by atoms with Crippen LogP contribution in [0.4, 0.5) is 4.79 Å². The highest BCUT2D eigenvalue weighted by Gasteiger charge is 2.30. The summed E-state index contributed by atoms with van der Waals surface area (Å²) in [5.74, 6) is -0.537. The predicted octanol–water partition coefficient (Wildman–Crippen LogP) is 3.58. The van der Waals surface area contributed by atoms with Gasteiger partial charge in [0.05, 0.1) is 12.5 Å². The number of nitrogens with zero attached hydrogens (tertiary/aromatic N) is 1. The van der Waals surface area contributed by atoms with E-state index in [-0.39, 0.29) is 25.0 Å². The van der Waals surface area contributed by atoms with Crippen LogP contribution in [-0.4, -0.2) is 23.4 Å². The maximum absolute atomic E-state index is 12.6. The summed E-state index contributed by atoms with van der Waals surface area (Å²) in [6.45, 7) is 0.425. The van der Waals surface area contributed by atoms with Gasteiger partial charge in [0.2, 0.25) is 5.91 Å². The molecular formula is C20H19NO3. The van der Waals surface area contributed by atoms with Gasteiger partial charge in [-0.15, -0.1) is 0 Å². The molecule has 1 aliphatic rings. The molecule has 0 N–H and O–H groups in total. The van der Waals surface area contributed by atoms with Gasteiger partial charge in [0.1, 0.15) is 6.61 Å². The van der Waals surface area contributed by atoms with Gasteiger partial charge in [-0.2, -0.15) is 0 Å². The molecule has 0 bridgehead atoms. The molecule has 1 heterocycles. The van der Waals surface area contributed by atoms with Crippen LogP contribution in [0.2, 0.25) is 0 Å². The summed E-state index contributed by atoms with van der Waals surface area (Å²) in [4.78, 5) is 26.0. The fourth-order valence-electron chi connectivity index (χ4n) is 2.69. The average molecular weight is 321 g/mol. The smallest absolute Gasteiger partial charge is 0.417 e. The zero-order valence-corrected chi connectivity index (χ0v) is 13.3. The highest BCUT2D eigenvalue weighted by Crippen LogP contribution is 2.18. The summed E-state index contributed by atoms with van der Waals surface area (Å²) in [5, 5.41) is 0. The van der Waals surface area contributed by atoms with Gasteiger partial charge < -0.3 is 4.74 Å². The lowest BCUT2D eigenvalue weighted by Gasteiger charge is -2.26. The van der Waals surface area contributed by atoms with E-state index in [9.17, 15) is 9.59 Å². The van der Waals surface area contributed by atoms with Gasteiger partial charge in [0.15, 0.2) is 0 Å². The standard InChI is InChI=1S/C20H19NO3/c22-19-18(14-16-8-3-1-4-9-16)12-7-13-21(19)20(23)24-15-17-10-5-2-6-11-17/h1-12,18H,13-15H2. The van der Waals surface area contributed by atoms with Crippen LogP contribution in [0.5, 0.6) is 0 Å². The summed E-state index contributed by atoms with van der Waals surface area (Å²) >= 11 is 0. The van der Waals surface area contributed by atoms with Crippen LogP contribution < -0.4 is 0 Å². The molecule has 0 saturated carbocycles. The molecule has 0 aliphatic carbocycles. The van der Waals surface area contributed by atoms with Crippen LogP contribution in [0.3, 0.4) is 0 Å². The molecule has 2 aromatic carbocycles. The first-order valence-corrected chi connectivity index (χ1v) is 7.96. The number of carbonyl (C=O) groups excluding carboxylic acids is 2. The second-order valence-electron chi connectivity index (χ2n) is 5.71. The largest absolute Gasteiger partial charge is 0.444 e. The lowest BCUT2D eigenvalue weighted by Crippen LogP contribution is -2.43. The first-order chi connectivity index (χ1) is 11.7. The van der Waals surface area contributed by atoms with Gasteiger partial charge in [-0.1, -0.05) is 72.8 Å². The van der Waals surface area contributed by atoms with Crippen LogP contribution >= 0.6 is 0 Å². The van der Waals surface area contributed by atoms with Gasteiger partial charge in [-0.3, -0.25) is 4.79 Å². The lowest BCUT2D eigenvalue weighted by atomic mass is 9.95. The van der Waals surface area contributed by atoms with Crippen molar-refractivity contribution in [1.29, 1.82) is 0 Å². The Morgan fingerprint density at radius 2 is 1.62 bits per heavy atom. The molecule has 0 saturated heterocycles. The maximum Gasteiger partial charge on any atom is 0.417 e. The van der Waals surface area contributed by atoms with Crippen LogP contribution in [0.1, 0.15) is 11.1 Å². The number of ether oxygens (including phenoxy) is 1. The van der Waals surface area contributed by atoms with Crippen molar-refractivity contribution in [3.63, 3.8) is 0 Å². The molecule has 2 amide bonds. The topological polar surface area (TPSA) is 46.6 Å². The summed E-state index contributed by atoms with van der Waals surface area (Å²) in [6.07, 6.45) is 3.71. The summed E-state index contributed by atoms with van der Waals surface area (Å²) in [5.41, 5.74) is 1.96. The Morgan fingerprint density at radius 3 is 2.29 bits per heavy atom. The molecule has 0 aromatic heterocycles. The second kappa shape index (κ2) is 7.59. The third-order valence-corrected chi connectivity index (χ3v) is 3.96. The Balaban J connectivity index is 1.60. The van der Waals surface area contributed by atoms with Gasteiger partial charge in [0.25, 0.3) is 0 Å². The Labute approximate surface area is 141 Å². The fraction of sp³-hybridized carbons (Fsp3) is 0.200. The number of carbonyl (C=O) groups is 2. The first kappa shape index (κ1) is 16.0. The van der Waals surface area contributed by atoms with Crippen LogP contribution in [0, 0.1) is 5.92 Å². The zero-order valence-electron chi connectivity index (χ0n) is 13.3. The molecule has 0 radical (unpaired) electrons. The van der Waals surface area contributed by atoms with Crippen molar-refractivity contribution in [3.05, 3.63) is 83.9 Å². The number of amides is 2. The van der Waals surface area contributed by atoms with Gasteiger partial charge in [-0.05, 0) is 17.5 Å². The molecule has 122 valence electrons. The molecule has 3 rings (SSSR count). The highest BCUT2D eigenvalue weighted by molar-refractivity contribution is 5.95. The number of hydrogen-bond acceptors (Lipinski definition) is 3. The van der Waals surface area contributed by atoms with Crippen molar-refractivity contribution in [2.24, 2.45) is 5.92 Å². The van der Waals surface area contributed by atoms with E-state index in [1.807, 2.05) is 72.8 Å². The third-order valence-electron chi connectivity index (χ3n) is 3.96. The second-order valence-corrected chi connectivity index (χ2v) is 5.71. The Bertz CT molecular complexity index is 725. The molecule has 1 atom stereocenters. The van der Waals surface area contributed by atoms with Crippen molar-refractivity contribution in [2.75, 3.05) is 6.54 Å². The average Bonchev–Trinajstić information content (AvgIpc) is 2.63.